The summed E-state index contributed by atoms with van der Waals surface area (Å²) in [7, 11) is 0. The number of para-hydroxylation sites is 1. The zero-order valence-corrected chi connectivity index (χ0v) is 19.8. The van der Waals surface area contributed by atoms with Gasteiger partial charge in [0.1, 0.15) is 6.10 Å². The minimum Gasteiger partial charge on any atom is -0.446 e. The molecule has 7 nitrogen and oxygen atoms in total. The van der Waals surface area contributed by atoms with E-state index in [1.165, 1.54) is 0 Å². The number of hydrogen-bond donors (Lipinski definition) is 3. The normalized spacial score (nSPS) is 14.3. The second-order valence-electron chi connectivity index (χ2n) is 8.68. The van der Waals surface area contributed by atoms with Crippen LogP contribution < -0.4 is 16.4 Å². The fourth-order valence-electron chi connectivity index (χ4n) is 4.21. The Kier molecular flexibility index (Phi) is 8.48. The van der Waals surface area contributed by atoms with Crippen molar-refractivity contribution in [2.24, 2.45) is 5.73 Å². The zero-order valence-electron chi connectivity index (χ0n) is 19.8. The van der Waals surface area contributed by atoms with Gasteiger partial charge in [0.25, 0.3) is 0 Å². The lowest BCUT2D eigenvalue weighted by molar-refractivity contribution is -0.116. The van der Waals surface area contributed by atoms with Crippen molar-refractivity contribution in [3.05, 3.63) is 84.4 Å². The number of piperidine rings is 1. The third-order valence-electron chi connectivity index (χ3n) is 6.19. The SMILES string of the molecule is NCc1ccc(NC(=O)CCN2CCC(OC(=O)Nc3ccccc3-c3ccccc3)CC2)cc1. The van der Waals surface area contributed by atoms with Crippen LogP contribution in [0.1, 0.15) is 24.8 Å². The molecular weight excluding hydrogens is 440 g/mol. The number of amides is 2. The zero-order chi connectivity index (χ0) is 24.5. The molecule has 0 saturated carbocycles. The van der Waals surface area contributed by atoms with Gasteiger partial charge in [-0.2, -0.15) is 0 Å². The summed E-state index contributed by atoms with van der Waals surface area (Å²) in [5.74, 6) is -0.0136. The van der Waals surface area contributed by atoms with Gasteiger partial charge in [-0.25, -0.2) is 4.79 Å². The highest BCUT2D eigenvalue weighted by molar-refractivity contribution is 5.92. The van der Waals surface area contributed by atoms with Crippen LogP contribution in [0.25, 0.3) is 11.1 Å². The lowest BCUT2D eigenvalue weighted by Gasteiger charge is -2.31. The van der Waals surface area contributed by atoms with Crippen molar-refractivity contribution >= 4 is 23.4 Å². The number of benzene rings is 3. The number of anilines is 2. The maximum atomic E-state index is 12.6. The van der Waals surface area contributed by atoms with E-state index in [0.717, 1.165) is 54.0 Å². The topological polar surface area (TPSA) is 96.7 Å². The number of ether oxygens (including phenoxy) is 1. The van der Waals surface area contributed by atoms with Crippen LogP contribution in [0.15, 0.2) is 78.9 Å². The molecule has 1 saturated heterocycles. The molecule has 4 N–H and O–H groups in total. The highest BCUT2D eigenvalue weighted by Gasteiger charge is 2.23. The second kappa shape index (κ2) is 12.1. The number of nitrogens with zero attached hydrogens (tertiary/aromatic N) is 1. The van der Waals surface area contributed by atoms with Gasteiger partial charge >= 0.3 is 6.09 Å². The van der Waals surface area contributed by atoms with Gasteiger partial charge in [-0.1, -0.05) is 60.7 Å². The predicted molar refractivity (Wildman–Crippen MR) is 139 cm³/mol. The molecule has 1 heterocycles. The molecule has 2 amide bonds. The summed E-state index contributed by atoms with van der Waals surface area (Å²) in [4.78, 5) is 27.1. The second-order valence-corrected chi connectivity index (χ2v) is 8.68. The summed E-state index contributed by atoms with van der Waals surface area (Å²) in [6.07, 6.45) is 1.34. The van der Waals surface area contributed by atoms with Crippen molar-refractivity contribution < 1.29 is 14.3 Å². The molecule has 0 radical (unpaired) electrons. The highest BCUT2D eigenvalue weighted by Crippen LogP contribution is 2.28. The molecule has 1 aliphatic rings. The number of nitrogens with two attached hydrogens (primary N) is 1. The van der Waals surface area contributed by atoms with Crippen molar-refractivity contribution in [1.82, 2.24) is 4.90 Å². The first-order chi connectivity index (χ1) is 17.1. The molecule has 182 valence electrons. The van der Waals surface area contributed by atoms with E-state index in [2.05, 4.69) is 15.5 Å². The predicted octanol–water partition coefficient (Wildman–Crippen LogP) is 4.85. The number of likely N-dealkylation sites (tertiary alicyclic amines) is 1. The molecule has 0 bridgehead atoms. The molecule has 7 heteroatoms. The van der Waals surface area contributed by atoms with Crippen LogP contribution in [0.3, 0.4) is 0 Å². The smallest absolute Gasteiger partial charge is 0.411 e. The van der Waals surface area contributed by atoms with E-state index < -0.39 is 6.09 Å². The van der Waals surface area contributed by atoms with Gasteiger partial charge in [-0.05, 0) is 42.2 Å². The molecule has 3 aromatic carbocycles. The van der Waals surface area contributed by atoms with Crippen molar-refractivity contribution in [2.75, 3.05) is 30.3 Å². The molecule has 0 aliphatic carbocycles. The molecule has 1 fully saturated rings. The minimum atomic E-state index is -0.438. The molecule has 4 rings (SSSR count). The van der Waals surface area contributed by atoms with Gasteiger partial charge in [-0.3, -0.25) is 10.1 Å². The van der Waals surface area contributed by atoms with Crippen molar-refractivity contribution in [2.45, 2.75) is 31.9 Å². The van der Waals surface area contributed by atoms with Gasteiger partial charge in [0, 0.05) is 43.9 Å². The summed E-state index contributed by atoms with van der Waals surface area (Å²) < 4.78 is 5.69. The quantitative estimate of drug-likeness (QED) is 0.435. The first-order valence-corrected chi connectivity index (χ1v) is 12.0. The fraction of sp³-hybridized carbons (Fsp3) is 0.286. The number of nitrogens with one attached hydrogen (secondary N) is 2. The Morgan fingerprint density at radius 3 is 2.29 bits per heavy atom. The lowest BCUT2D eigenvalue weighted by atomic mass is 10.0. The van der Waals surface area contributed by atoms with E-state index >= 15 is 0 Å². The summed E-state index contributed by atoms with van der Waals surface area (Å²) >= 11 is 0. The van der Waals surface area contributed by atoms with Crippen LogP contribution in [0.5, 0.6) is 0 Å². The summed E-state index contributed by atoms with van der Waals surface area (Å²) in [5, 5.41) is 5.83. The van der Waals surface area contributed by atoms with E-state index in [4.69, 9.17) is 10.5 Å². The van der Waals surface area contributed by atoms with E-state index in [1.807, 2.05) is 78.9 Å². The number of hydrogen-bond acceptors (Lipinski definition) is 5. The van der Waals surface area contributed by atoms with Gasteiger partial charge in [0.2, 0.25) is 5.91 Å². The minimum absolute atomic E-state index is 0.0136. The molecule has 0 unspecified atom stereocenters. The van der Waals surface area contributed by atoms with Crippen molar-refractivity contribution in [1.29, 1.82) is 0 Å². The van der Waals surface area contributed by atoms with Gasteiger partial charge < -0.3 is 20.7 Å². The van der Waals surface area contributed by atoms with Crippen LogP contribution in [0.4, 0.5) is 16.2 Å². The lowest BCUT2D eigenvalue weighted by Crippen LogP contribution is -2.39. The first-order valence-electron chi connectivity index (χ1n) is 12.0. The van der Waals surface area contributed by atoms with Crippen LogP contribution in [-0.2, 0) is 16.1 Å². The molecule has 3 aromatic rings. The van der Waals surface area contributed by atoms with Crippen LogP contribution in [0, 0.1) is 0 Å². The molecule has 0 aromatic heterocycles. The van der Waals surface area contributed by atoms with Crippen molar-refractivity contribution in [3.8, 4) is 11.1 Å². The molecular formula is C28H32N4O3. The summed E-state index contributed by atoms with van der Waals surface area (Å²) in [5.41, 5.74) is 10.1. The largest absolute Gasteiger partial charge is 0.446 e. The Morgan fingerprint density at radius 1 is 0.886 bits per heavy atom. The average molecular weight is 473 g/mol. The van der Waals surface area contributed by atoms with Crippen LogP contribution >= 0.6 is 0 Å². The number of carbonyl (C=O) groups excluding carboxylic acids is 2. The summed E-state index contributed by atoms with van der Waals surface area (Å²) in [6.45, 7) is 2.74. The van der Waals surface area contributed by atoms with Gasteiger partial charge in [0.05, 0.1) is 5.69 Å². The fourth-order valence-corrected chi connectivity index (χ4v) is 4.21. The monoisotopic (exact) mass is 472 g/mol. The van der Waals surface area contributed by atoms with E-state index in [-0.39, 0.29) is 12.0 Å². The molecule has 0 atom stereocenters. The van der Waals surface area contributed by atoms with Gasteiger partial charge in [-0.15, -0.1) is 0 Å². The van der Waals surface area contributed by atoms with E-state index in [9.17, 15) is 9.59 Å². The molecule has 35 heavy (non-hydrogen) atoms. The van der Waals surface area contributed by atoms with E-state index in [1.54, 1.807) is 0 Å². The number of carbonyl (C=O) groups is 2. The Morgan fingerprint density at radius 2 is 1.57 bits per heavy atom. The summed E-state index contributed by atoms with van der Waals surface area (Å²) in [6, 6.07) is 25.2. The van der Waals surface area contributed by atoms with Gasteiger partial charge in [0.15, 0.2) is 0 Å². The maximum absolute atomic E-state index is 12.6. The third-order valence-corrected chi connectivity index (χ3v) is 6.19. The van der Waals surface area contributed by atoms with Crippen molar-refractivity contribution in [3.63, 3.8) is 0 Å². The maximum Gasteiger partial charge on any atom is 0.411 e. The average Bonchev–Trinajstić information content (AvgIpc) is 2.89. The first kappa shape index (κ1) is 24.4. The molecule has 0 spiro atoms. The standard InChI is InChI=1S/C28H32N4O3/c29-20-21-10-12-23(13-11-21)30-27(33)16-19-32-17-14-24(15-18-32)35-28(34)31-26-9-5-4-8-25(26)22-6-2-1-3-7-22/h1-13,24H,14-20,29H2,(H,30,33)(H,31,34). The third kappa shape index (κ3) is 7.15. The Balaban J connectivity index is 1.19. The highest BCUT2D eigenvalue weighted by atomic mass is 16.6. The Hall–Kier alpha value is -3.68. The Labute approximate surface area is 206 Å². The Bertz CT molecular complexity index is 1110. The molecule has 1 aliphatic heterocycles. The van der Waals surface area contributed by atoms with E-state index in [0.29, 0.717) is 19.5 Å². The number of rotatable bonds is 8. The van der Waals surface area contributed by atoms with Crippen LogP contribution in [-0.4, -0.2) is 42.6 Å². The van der Waals surface area contributed by atoms with Crippen LogP contribution in [0.2, 0.25) is 0 Å².